The maximum Gasteiger partial charge on any atom is 0.117 e. The molecule has 2 rings (SSSR count). The van der Waals surface area contributed by atoms with Crippen LogP contribution in [0.25, 0.3) is 0 Å². The third kappa shape index (κ3) is 3.34. The molecule has 16 heavy (non-hydrogen) atoms. The lowest BCUT2D eigenvalue weighted by Gasteiger charge is -2.27. The highest BCUT2D eigenvalue weighted by Crippen LogP contribution is 2.46. The second kappa shape index (κ2) is 6.21. The largest absolute Gasteiger partial charge is 0.299 e. The number of hydrogen-bond donors (Lipinski definition) is 0. The molecule has 0 unspecified atom stereocenters. The van der Waals surface area contributed by atoms with Crippen LogP contribution in [0.4, 0.5) is 0 Å². The third-order valence-corrected chi connectivity index (χ3v) is 4.91. The predicted octanol–water partition coefficient (Wildman–Crippen LogP) is 4.09. The van der Waals surface area contributed by atoms with E-state index in [0.717, 1.165) is 11.8 Å². The Balaban J connectivity index is 2.07. The van der Waals surface area contributed by atoms with Gasteiger partial charge in [0.2, 0.25) is 0 Å². The fraction of sp³-hybridized carbons (Fsp3) is 0.500. The van der Waals surface area contributed by atoms with Crippen molar-refractivity contribution in [1.29, 1.82) is 0 Å². The van der Waals surface area contributed by atoms with Gasteiger partial charge in [0.15, 0.2) is 0 Å². The maximum atomic E-state index is 6.04. The van der Waals surface area contributed by atoms with E-state index in [1.807, 2.05) is 12.1 Å². The summed E-state index contributed by atoms with van der Waals surface area (Å²) in [6.45, 7) is 2.38. The minimum absolute atomic E-state index is 0.994. The van der Waals surface area contributed by atoms with Crippen LogP contribution < -0.4 is 5.30 Å². The number of nitrogens with zero attached hydrogens (tertiary/aromatic N) is 1. The zero-order chi connectivity index (χ0) is 11.4. The lowest BCUT2D eigenvalue weighted by Crippen LogP contribution is -2.30. The number of benzene rings is 1. The molecule has 4 heteroatoms. The van der Waals surface area contributed by atoms with Crippen molar-refractivity contribution < 1.29 is 0 Å². The van der Waals surface area contributed by atoms with E-state index in [1.54, 1.807) is 0 Å². The Labute approximate surface area is 108 Å². The molecule has 0 atom stereocenters. The Morgan fingerprint density at radius 1 is 1.06 bits per heavy atom. The lowest BCUT2D eigenvalue weighted by atomic mass is 10.1. The molecule has 1 nitrogen and oxygen atoms in total. The molecule has 0 bridgehead atoms. The van der Waals surface area contributed by atoms with Crippen LogP contribution in [0.15, 0.2) is 24.3 Å². The molecule has 1 aromatic carbocycles. The van der Waals surface area contributed by atoms with Crippen LogP contribution in [-0.4, -0.2) is 18.0 Å². The predicted molar refractivity (Wildman–Crippen MR) is 73.8 cm³/mol. The van der Waals surface area contributed by atoms with Gasteiger partial charge in [0, 0.05) is 11.8 Å². The Morgan fingerprint density at radius 2 is 1.75 bits per heavy atom. The normalized spacial score (nSPS) is 17.9. The van der Waals surface area contributed by atoms with Crippen LogP contribution in [0.2, 0.25) is 0 Å². The third-order valence-electron chi connectivity index (χ3n) is 3.02. The van der Waals surface area contributed by atoms with Gasteiger partial charge in [-0.2, -0.15) is 0 Å². The first-order valence-corrected chi connectivity index (χ1v) is 8.84. The molecule has 1 heterocycles. The Morgan fingerprint density at radius 3 is 2.44 bits per heavy atom. The lowest BCUT2D eigenvalue weighted by molar-refractivity contribution is 0.221. The molecule has 0 N–H and O–H groups in total. The van der Waals surface area contributed by atoms with Crippen molar-refractivity contribution in [1.82, 2.24) is 4.90 Å². The summed E-state index contributed by atoms with van der Waals surface area (Å²) in [6, 6.07) is 8.26. The minimum Gasteiger partial charge on any atom is -0.299 e. The summed E-state index contributed by atoms with van der Waals surface area (Å²) in [5.74, 6) is 0. The summed E-state index contributed by atoms with van der Waals surface area (Å²) >= 11 is 12.1. The van der Waals surface area contributed by atoms with Gasteiger partial charge in [0.05, 0.1) is 0 Å². The highest BCUT2D eigenvalue weighted by molar-refractivity contribution is 8.08. The van der Waals surface area contributed by atoms with Gasteiger partial charge in [-0.05, 0) is 31.5 Å². The molecule has 1 aromatic rings. The van der Waals surface area contributed by atoms with Gasteiger partial charge in [-0.3, -0.25) is 4.90 Å². The molecule has 1 saturated heterocycles. The van der Waals surface area contributed by atoms with Gasteiger partial charge >= 0.3 is 0 Å². The molecular formula is C12H16Cl2NP. The zero-order valence-electron chi connectivity index (χ0n) is 9.20. The van der Waals surface area contributed by atoms with Crippen molar-refractivity contribution in [2.75, 3.05) is 13.1 Å². The zero-order valence-corrected chi connectivity index (χ0v) is 11.6. The second-order valence-electron chi connectivity index (χ2n) is 4.20. The molecule has 88 valence electrons. The first kappa shape index (κ1) is 12.6. The van der Waals surface area contributed by atoms with Gasteiger partial charge in [0.1, 0.15) is 6.63 Å². The molecule has 0 saturated carbocycles. The van der Waals surface area contributed by atoms with Crippen molar-refractivity contribution in [3.05, 3.63) is 29.8 Å². The standard InChI is InChI=1S/C12H16Cl2NP/c13-16(14)12-7-3-2-6-11(12)10-15-8-4-1-5-9-15/h2-3,6-7H,1,4-5,8-10H2. The highest BCUT2D eigenvalue weighted by Gasteiger charge is 2.14. The fourth-order valence-electron chi connectivity index (χ4n) is 2.17. The van der Waals surface area contributed by atoms with Crippen LogP contribution >= 0.6 is 29.1 Å². The molecule has 0 radical (unpaired) electrons. The van der Waals surface area contributed by atoms with Crippen LogP contribution in [-0.2, 0) is 6.54 Å². The monoisotopic (exact) mass is 275 g/mol. The number of hydrogen-bond acceptors (Lipinski definition) is 1. The van der Waals surface area contributed by atoms with Crippen molar-refractivity contribution in [2.45, 2.75) is 25.8 Å². The summed E-state index contributed by atoms with van der Waals surface area (Å²) in [5.41, 5.74) is 1.29. The summed E-state index contributed by atoms with van der Waals surface area (Å²) < 4.78 is 0. The summed E-state index contributed by atoms with van der Waals surface area (Å²) in [6.07, 6.45) is 4.01. The van der Waals surface area contributed by atoms with E-state index in [-0.39, 0.29) is 0 Å². The van der Waals surface area contributed by atoms with Gasteiger partial charge in [-0.25, -0.2) is 0 Å². The summed E-state index contributed by atoms with van der Waals surface area (Å²) in [7, 11) is 0. The Hall–Kier alpha value is 0.190. The molecule has 0 aromatic heterocycles. The van der Waals surface area contributed by atoms with Gasteiger partial charge < -0.3 is 0 Å². The van der Waals surface area contributed by atoms with Gasteiger partial charge in [0.25, 0.3) is 0 Å². The van der Waals surface area contributed by atoms with Crippen LogP contribution in [0.5, 0.6) is 0 Å². The van der Waals surface area contributed by atoms with Gasteiger partial charge in [-0.15, -0.1) is 0 Å². The van der Waals surface area contributed by atoms with Crippen LogP contribution in [0, 0.1) is 0 Å². The molecule has 1 aliphatic rings. The van der Waals surface area contributed by atoms with E-state index in [0.29, 0.717) is 0 Å². The van der Waals surface area contributed by atoms with Crippen LogP contribution in [0.3, 0.4) is 0 Å². The fourth-order valence-corrected chi connectivity index (χ4v) is 3.72. The average Bonchev–Trinajstić information content (AvgIpc) is 2.31. The first-order valence-electron chi connectivity index (χ1n) is 5.69. The molecule has 1 aliphatic heterocycles. The number of piperidine rings is 1. The molecule has 0 spiro atoms. The topological polar surface area (TPSA) is 3.24 Å². The second-order valence-corrected chi connectivity index (χ2v) is 7.69. The SMILES string of the molecule is ClP(Cl)c1ccccc1CN1CCCCC1. The minimum atomic E-state index is -1.03. The Kier molecular flexibility index (Phi) is 4.91. The van der Waals surface area contributed by atoms with Gasteiger partial charge in [-0.1, -0.05) is 53.2 Å². The molecule has 0 amide bonds. The maximum absolute atomic E-state index is 6.04. The first-order chi connectivity index (χ1) is 7.77. The van der Waals surface area contributed by atoms with Crippen molar-refractivity contribution >= 4 is 34.4 Å². The number of likely N-dealkylation sites (tertiary alicyclic amines) is 1. The summed E-state index contributed by atoms with van der Waals surface area (Å²) in [5, 5.41) is 1.12. The van der Waals surface area contributed by atoms with Crippen molar-refractivity contribution in [2.24, 2.45) is 0 Å². The van der Waals surface area contributed by atoms with Crippen molar-refractivity contribution in [3.63, 3.8) is 0 Å². The van der Waals surface area contributed by atoms with E-state index < -0.39 is 6.63 Å². The average molecular weight is 276 g/mol. The smallest absolute Gasteiger partial charge is 0.117 e. The van der Waals surface area contributed by atoms with E-state index in [2.05, 4.69) is 17.0 Å². The molecule has 0 aliphatic carbocycles. The van der Waals surface area contributed by atoms with E-state index in [4.69, 9.17) is 22.5 Å². The van der Waals surface area contributed by atoms with E-state index in [1.165, 1.54) is 37.9 Å². The highest BCUT2D eigenvalue weighted by atomic mass is 35.9. The van der Waals surface area contributed by atoms with E-state index >= 15 is 0 Å². The quantitative estimate of drug-likeness (QED) is 0.752. The van der Waals surface area contributed by atoms with E-state index in [9.17, 15) is 0 Å². The molecule has 1 fully saturated rings. The Bertz CT molecular complexity index is 338. The number of halogens is 2. The summed E-state index contributed by atoms with van der Waals surface area (Å²) in [4.78, 5) is 2.49. The molecular weight excluding hydrogens is 260 g/mol. The number of rotatable bonds is 3. The van der Waals surface area contributed by atoms with Crippen LogP contribution in [0.1, 0.15) is 24.8 Å². The van der Waals surface area contributed by atoms with Crippen molar-refractivity contribution in [3.8, 4) is 0 Å².